The molecular formula is C12H12FN3. The molecule has 0 fully saturated rings. The van der Waals surface area contributed by atoms with Crippen LogP contribution in [0.2, 0.25) is 0 Å². The molecule has 0 saturated heterocycles. The molecule has 1 N–H and O–H groups in total. The van der Waals surface area contributed by atoms with Crippen molar-refractivity contribution in [2.45, 2.75) is 6.92 Å². The lowest BCUT2D eigenvalue weighted by Crippen LogP contribution is -1.95. The smallest absolute Gasteiger partial charge is 0.129 e. The lowest BCUT2D eigenvalue weighted by Gasteiger charge is -2.06. The number of anilines is 1. The van der Waals surface area contributed by atoms with Crippen molar-refractivity contribution in [3.63, 3.8) is 0 Å². The number of benzene rings is 1. The lowest BCUT2D eigenvalue weighted by molar-refractivity contribution is 0.627. The van der Waals surface area contributed by atoms with E-state index < -0.39 is 0 Å². The van der Waals surface area contributed by atoms with Gasteiger partial charge in [0.1, 0.15) is 18.0 Å². The van der Waals surface area contributed by atoms with Gasteiger partial charge in [-0.15, -0.1) is 0 Å². The third-order valence-corrected chi connectivity index (χ3v) is 2.39. The molecule has 0 atom stereocenters. The van der Waals surface area contributed by atoms with E-state index in [-0.39, 0.29) is 5.82 Å². The Morgan fingerprint density at radius 3 is 2.69 bits per heavy atom. The molecule has 0 amide bonds. The molecule has 3 nitrogen and oxygen atoms in total. The van der Waals surface area contributed by atoms with Gasteiger partial charge in [0.15, 0.2) is 0 Å². The molecule has 0 saturated carbocycles. The number of hydrogen-bond acceptors (Lipinski definition) is 3. The highest BCUT2D eigenvalue weighted by Crippen LogP contribution is 2.23. The summed E-state index contributed by atoms with van der Waals surface area (Å²) in [6.45, 7) is 1.86. The Hall–Kier alpha value is -1.97. The fraction of sp³-hybridized carbons (Fsp3) is 0.167. The van der Waals surface area contributed by atoms with E-state index >= 15 is 0 Å². The molecule has 4 heteroatoms. The largest absolute Gasteiger partial charge is 0.373 e. The van der Waals surface area contributed by atoms with E-state index in [1.54, 1.807) is 13.1 Å². The number of nitrogens with one attached hydrogen (secondary N) is 1. The topological polar surface area (TPSA) is 37.8 Å². The van der Waals surface area contributed by atoms with Gasteiger partial charge in [0.25, 0.3) is 0 Å². The minimum absolute atomic E-state index is 0.232. The molecule has 0 bridgehead atoms. The number of halogens is 1. The van der Waals surface area contributed by atoms with Gasteiger partial charge in [0.05, 0.1) is 5.69 Å². The Labute approximate surface area is 93.4 Å². The van der Waals surface area contributed by atoms with Crippen LogP contribution < -0.4 is 5.32 Å². The van der Waals surface area contributed by atoms with Crippen LogP contribution in [0.25, 0.3) is 11.3 Å². The Bertz CT molecular complexity index is 511. The second-order valence-corrected chi connectivity index (χ2v) is 3.50. The van der Waals surface area contributed by atoms with Crippen LogP contribution >= 0.6 is 0 Å². The highest BCUT2D eigenvalue weighted by molar-refractivity contribution is 5.65. The summed E-state index contributed by atoms with van der Waals surface area (Å²) in [4.78, 5) is 8.21. The molecule has 0 aliphatic heterocycles. The molecule has 1 heterocycles. The predicted octanol–water partition coefficient (Wildman–Crippen LogP) is 2.63. The zero-order valence-corrected chi connectivity index (χ0v) is 9.16. The maximum absolute atomic E-state index is 13.0. The summed E-state index contributed by atoms with van der Waals surface area (Å²) in [5.74, 6) is 0.512. The second-order valence-electron chi connectivity index (χ2n) is 3.50. The molecule has 0 unspecified atom stereocenters. The number of hydrogen-bond donors (Lipinski definition) is 1. The van der Waals surface area contributed by atoms with Gasteiger partial charge in [-0.25, -0.2) is 14.4 Å². The average Bonchev–Trinajstić information content (AvgIpc) is 2.29. The van der Waals surface area contributed by atoms with Crippen molar-refractivity contribution in [1.29, 1.82) is 0 Å². The molecule has 0 aliphatic carbocycles. The Balaban J connectivity index is 2.49. The first-order valence-electron chi connectivity index (χ1n) is 4.97. The standard InChI is InChI=1S/C12H12FN3/c1-8-5-9(13)3-4-10(8)11-6-12(14-2)16-7-15-11/h3-7H,1-2H3,(H,14,15,16). The van der Waals surface area contributed by atoms with E-state index in [2.05, 4.69) is 15.3 Å². The van der Waals surface area contributed by atoms with Crippen LogP contribution in [0.4, 0.5) is 10.2 Å². The Kier molecular flexibility index (Phi) is 2.81. The SMILES string of the molecule is CNc1cc(-c2ccc(F)cc2C)ncn1. The zero-order valence-electron chi connectivity index (χ0n) is 9.16. The molecule has 1 aromatic carbocycles. The summed E-state index contributed by atoms with van der Waals surface area (Å²) < 4.78 is 13.0. The van der Waals surface area contributed by atoms with Gasteiger partial charge in [-0.1, -0.05) is 0 Å². The fourth-order valence-electron chi connectivity index (χ4n) is 1.56. The minimum Gasteiger partial charge on any atom is -0.373 e. The molecular weight excluding hydrogens is 205 g/mol. The van der Waals surface area contributed by atoms with Gasteiger partial charge in [0.2, 0.25) is 0 Å². The minimum atomic E-state index is -0.232. The van der Waals surface area contributed by atoms with Crippen molar-refractivity contribution in [2.24, 2.45) is 0 Å². The number of nitrogens with zero attached hydrogens (tertiary/aromatic N) is 2. The fourth-order valence-corrected chi connectivity index (χ4v) is 1.56. The van der Waals surface area contributed by atoms with Crippen molar-refractivity contribution >= 4 is 5.82 Å². The van der Waals surface area contributed by atoms with Gasteiger partial charge in [-0.2, -0.15) is 0 Å². The van der Waals surface area contributed by atoms with E-state index in [1.807, 2.05) is 13.0 Å². The zero-order chi connectivity index (χ0) is 11.5. The van der Waals surface area contributed by atoms with Gasteiger partial charge < -0.3 is 5.32 Å². The first-order valence-corrected chi connectivity index (χ1v) is 4.97. The van der Waals surface area contributed by atoms with Crippen molar-refractivity contribution in [3.05, 3.63) is 42.0 Å². The quantitative estimate of drug-likeness (QED) is 0.840. The van der Waals surface area contributed by atoms with E-state index in [1.165, 1.54) is 18.5 Å². The van der Waals surface area contributed by atoms with Crippen LogP contribution in [-0.4, -0.2) is 17.0 Å². The normalized spacial score (nSPS) is 10.2. The van der Waals surface area contributed by atoms with Crippen molar-refractivity contribution in [3.8, 4) is 11.3 Å². The summed E-state index contributed by atoms with van der Waals surface area (Å²) in [7, 11) is 1.80. The lowest BCUT2D eigenvalue weighted by atomic mass is 10.1. The molecule has 2 rings (SSSR count). The van der Waals surface area contributed by atoms with Gasteiger partial charge in [-0.05, 0) is 30.7 Å². The molecule has 16 heavy (non-hydrogen) atoms. The van der Waals surface area contributed by atoms with Crippen molar-refractivity contribution in [2.75, 3.05) is 12.4 Å². The van der Waals surface area contributed by atoms with Crippen LogP contribution in [0, 0.1) is 12.7 Å². The number of aryl methyl sites for hydroxylation is 1. The average molecular weight is 217 g/mol. The number of aromatic nitrogens is 2. The highest BCUT2D eigenvalue weighted by Gasteiger charge is 2.05. The molecule has 0 spiro atoms. The van der Waals surface area contributed by atoms with Crippen LogP contribution in [0.3, 0.4) is 0 Å². The summed E-state index contributed by atoms with van der Waals surface area (Å²) in [6.07, 6.45) is 1.49. The third kappa shape index (κ3) is 2.00. The maximum Gasteiger partial charge on any atom is 0.129 e. The molecule has 1 aromatic heterocycles. The van der Waals surface area contributed by atoms with Crippen LogP contribution in [0.1, 0.15) is 5.56 Å². The van der Waals surface area contributed by atoms with Gasteiger partial charge >= 0.3 is 0 Å². The molecule has 2 aromatic rings. The maximum atomic E-state index is 13.0. The summed E-state index contributed by atoms with van der Waals surface area (Å²) in [5.41, 5.74) is 2.57. The molecule has 0 aliphatic rings. The molecule has 82 valence electrons. The first-order chi connectivity index (χ1) is 7.70. The monoisotopic (exact) mass is 217 g/mol. The summed E-state index contributed by atoms with van der Waals surface area (Å²) in [6, 6.07) is 6.49. The number of rotatable bonds is 2. The highest BCUT2D eigenvalue weighted by atomic mass is 19.1. The van der Waals surface area contributed by atoms with Gasteiger partial charge in [0, 0.05) is 18.7 Å². The second kappa shape index (κ2) is 4.26. The Morgan fingerprint density at radius 2 is 2.00 bits per heavy atom. The van der Waals surface area contributed by atoms with E-state index in [0.717, 1.165) is 22.6 Å². The Morgan fingerprint density at radius 1 is 1.19 bits per heavy atom. The predicted molar refractivity (Wildman–Crippen MR) is 61.7 cm³/mol. The van der Waals surface area contributed by atoms with Crippen LogP contribution in [-0.2, 0) is 0 Å². The van der Waals surface area contributed by atoms with E-state index in [9.17, 15) is 4.39 Å². The van der Waals surface area contributed by atoms with E-state index in [0.29, 0.717) is 0 Å². The summed E-state index contributed by atoms with van der Waals surface area (Å²) in [5, 5.41) is 2.94. The van der Waals surface area contributed by atoms with Crippen LogP contribution in [0.15, 0.2) is 30.6 Å². The van der Waals surface area contributed by atoms with E-state index in [4.69, 9.17) is 0 Å². The van der Waals surface area contributed by atoms with Gasteiger partial charge in [-0.3, -0.25) is 0 Å². The molecule has 0 radical (unpaired) electrons. The first kappa shape index (κ1) is 10.5. The van der Waals surface area contributed by atoms with Crippen molar-refractivity contribution < 1.29 is 4.39 Å². The van der Waals surface area contributed by atoms with Crippen LogP contribution in [0.5, 0.6) is 0 Å². The van der Waals surface area contributed by atoms with Crippen molar-refractivity contribution in [1.82, 2.24) is 9.97 Å². The third-order valence-electron chi connectivity index (χ3n) is 2.39. The summed E-state index contributed by atoms with van der Waals surface area (Å²) >= 11 is 0.